The molecule has 0 bridgehead atoms. The van der Waals surface area contributed by atoms with Crippen LogP contribution in [-0.4, -0.2) is 33.6 Å². The molecule has 124 valence electrons. The predicted molar refractivity (Wildman–Crippen MR) is 82.2 cm³/mol. The largest absolute Gasteiger partial charge is 0.346 e. The lowest BCUT2D eigenvalue weighted by Crippen LogP contribution is -2.28. The number of nitrogens with zero attached hydrogens (tertiary/aromatic N) is 3. The molecule has 0 aliphatic heterocycles. The topological polar surface area (TPSA) is 59.8 Å². The van der Waals surface area contributed by atoms with Crippen LogP contribution in [0.2, 0.25) is 0 Å². The fourth-order valence-electron chi connectivity index (χ4n) is 2.37. The maximum atomic E-state index is 14.0. The molecule has 0 saturated carbocycles. The Labute approximate surface area is 135 Å². The van der Waals surface area contributed by atoms with Crippen LogP contribution in [0.25, 0.3) is 22.3 Å². The molecule has 0 spiro atoms. The summed E-state index contributed by atoms with van der Waals surface area (Å²) in [6, 6.07) is 7.37. The second-order valence-electron chi connectivity index (χ2n) is 5.14. The zero-order valence-corrected chi connectivity index (χ0v) is 12.6. The maximum Gasteiger partial charge on any atom is 0.255 e. The van der Waals surface area contributed by atoms with Crippen LogP contribution >= 0.6 is 0 Å². The molecule has 0 fully saturated rings. The molecule has 0 radical (unpaired) electrons. The van der Waals surface area contributed by atoms with Crippen LogP contribution in [0, 0.1) is 5.82 Å². The smallest absolute Gasteiger partial charge is 0.255 e. The van der Waals surface area contributed by atoms with E-state index in [1.54, 1.807) is 13.1 Å². The Bertz CT molecular complexity index is 907. The molecule has 5 nitrogen and oxygen atoms in total. The normalized spacial score (nSPS) is 11.2. The monoisotopic (exact) mass is 334 g/mol. The number of halogens is 3. The van der Waals surface area contributed by atoms with Crippen molar-refractivity contribution in [1.82, 2.24) is 20.1 Å². The van der Waals surface area contributed by atoms with Gasteiger partial charge in [0.2, 0.25) is 0 Å². The minimum absolute atomic E-state index is 0.118. The van der Waals surface area contributed by atoms with Gasteiger partial charge in [-0.25, -0.2) is 18.2 Å². The fourth-order valence-corrected chi connectivity index (χ4v) is 2.37. The third-order valence-electron chi connectivity index (χ3n) is 3.52. The van der Waals surface area contributed by atoms with Crippen molar-refractivity contribution < 1.29 is 18.0 Å². The summed E-state index contributed by atoms with van der Waals surface area (Å²) in [6.45, 7) is -0.766. The van der Waals surface area contributed by atoms with Crippen LogP contribution in [0.1, 0.15) is 10.4 Å². The molecule has 0 unspecified atom stereocenters. The number of aryl methyl sites for hydroxylation is 1. The lowest BCUT2D eigenvalue weighted by molar-refractivity contribution is 0.0893. The van der Waals surface area contributed by atoms with Crippen LogP contribution in [0.4, 0.5) is 13.2 Å². The van der Waals surface area contributed by atoms with E-state index in [1.807, 2.05) is 0 Å². The molecular weight excluding hydrogens is 321 g/mol. The van der Waals surface area contributed by atoms with Gasteiger partial charge >= 0.3 is 0 Å². The van der Waals surface area contributed by atoms with E-state index in [4.69, 9.17) is 0 Å². The molecule has 3 aromatic rings. The number of carbonyl (C=O) groups is 1. The summed E-state index contributed by atoms with van der Waals surface area (Å²) in [7, 11) is 1.63. The summed E-state index contributed by atoms with van der Waals surface area (Å²) in [5.41, 5.74) is 0.917. The molecular formula is C16H13F3N4O. The number of pyridine rings is 1. The van der Waals surface area contributed by atoms with Crippen molar-refractivity contribution in [2.75, 3.05) is 6.54 Å². The van der Waals surface area contributed by atoms with Crippen molar-refractivity contribution in [2.24, 2.45) is 7.05 Å². The minimum Gasteiger partial charge on any atom is -0.346 e. The molecule has 0 atom stereocenters. The third-order valence-corrected chi connectivity index (χ3v) is 3.52. The van der Waals surface area contributed by atoms with Crippen molar-refractivity contribution >= 4 is 16.9 Å². The number of benzene rings is 1. The number of nitrogens with one attached hydrogen (secondary N) is 1. The standard InChI is InChI=1S/C16H13F3N4O/c1-23-15-11(7-21-23)10(16(24)20-8-14(18)19)6-13(22-15)9-4-2-3-5-12(9)17/h2-7,14H,8H2,1H3,(H,20,24). The summed E-state index contributed by atoms with van der Waals surface area (Å²) in [4.78, 5) is 16.6. The Morgan fingerprint density at radius 2 is 2.08 bits per heavy atom. The quantitative estimate of drug-likeness (QED) is 0.798. The molecule has 0 aliphatic carbocycles. The first-order valence-corrected chi connectivity index (χ1v) is 7.11. The zero-order valence-electron chi connectivity index (χ0n) is 12.6. The van der Waals surface area contributed by atoms with Gasteiger partial charge in [-0.2, -0.15) is 5.10 Å². The highest BCUT2D eigenvalue weighted by atomic mass is 19.3. The van der Waals surface area contributed by atoms with Gasteiger partial charge in [-0.15, -0.1) is 0 Å². The molecule has 1 N–H and O–H groups in total. The van der Waals surface area contributed by atoms with Gasteiger partial charge in [0.15, 0.2) is 5.65 Å². The van der Waals surface area contributed by atoms with Gasteiger partial charge in [0, 0.05) is 12.6 Å². The summed E-state index contributed by atoms with van der Waals surface area (Å²) in [5.74, 6) is -1.18. The minimum atomic E-state index is -2.66. The van der Waals surface area contributed by atoms with E-state index in [1.165, 1.54) is 35.1 Å². The molecule has 3 rings (SSSR count). The van der Waals surface area contributed by atoms with E-state index in [0.29, 0.717) is 11.0 Å². The van der Waals surface area contributed by atoms with Crippen molar-refractivity contribution in [3.63, 3.8) is 0 Å². The first-order chi connectivity index (χ1) is 11.5. The SMILES string of the molecule is Cn1ncc2c(C(=O)NCC(F)F)cc(-c3ccccc3F)nc21. The van der Waals surface area contributed by atoms with Gasteiger partial charge in [0.25, 0.3) is 12.3 Å². The van der Waals surface area contributed by atoms with E-state index in [0.717, 1.165) is 0 Å². The van der Waals surface area contributed by atoms with E-state index in [-0.39, 0.29) is 16.8 Å². The van der Waals surface area contributed by atoms with Gasteiger partial charge in [-0.1, -0.05) is 12.1 Å². The molecule has 0 saturated heterocycles. The van der Waals surface area contributed by atoms with Crippen molar-refractivity contribution in [3.05, 3.63) is 47.9 Å². The van der Waals surface area contributed by atoms with Gasteiger partial charge < -0.3 is 5.32 Å². The van der Waals surface area contributed by atoms with Gasteiger partial charge in [-0.05, 0) is 18.2 Å². The van der Waals surface area contributed by atoms with Crippen molar-refractivity contribution in [3.8, 4) is 11.3 Å². The molecule has 1 amide bonds. The average molecular weight is 334 g/mol. The average Bonchev–Trinajstić information content (AvgIpc) is 2.93. The summed E-state index contributed by atoms with van der Waals surface area (Å²) < 4.78 is 40.1. The fraction of sp³-hybridized carbons (Fsp3) is 0.188. The van der Waals surface area contributed by atoms with Crippen molar-refractivity contribution in [2.45, 2.75) is 6.43 Å². The van der Waals surface area contributed by atoms with Gasteiger partial charge in [0.1, 0.15) is 5.82 Å². The number of aromatic nitrogens is 3. The van der Waals surface area contributed by atoms with E-state index < -0.39 is 24.7 Å². The van der Waals surface area contributed by atoms with Gasteiger partial charge in [0.05, 0.1) is 29.4 Å². The van der Waals surface area contributed by atoms with Crippen molar-refractivity contribution in [1.29, 1.82) is 0 Å². The van der Waals surface area contributed by atoms with Crippen LogP contribution in [0.15, 0.2) is 36.5 Å². The van der Waals surface area contributed by atoms with Gasteiger partial charge in [-0.3, -0.25) is 9.48 Å². The number of hydrogen-bond acceptors (Lipinski definition) is 3. The Balaban J connectivity index is 2.14. The predicted octanol–water partition coefficient (Wildman–Crippen LogP) is 2.77. The maximum absolute atomic E-state index is 14.0. The molecule has 8 heteroatoms. The Morgan fingerprint density at radius 3 is 2.79 bits per heavy atom. The molecule has 2 heterocycles. The molecule has 0 aliphatic rings. The first-order valence-electron chi connectivity index (χ1n) is 7.11. The lowest BCUT2D eigenvalue weighted by Gasteiger charge is -2.09. The second kappa shape index (κ2) is 6.31. The summed E-state index contributed by atoms with van der Waals surface area (Å²) in [5, 5.41) is 6.58. The second-order valence-corrected chi connectivity index (χ2v) is 5.14. The summed E-state index contributed by atoms with van der Waals surface area (Å²) >= 11 is 0. The number of rotatable bonds is 4. The molecule has 24 heavy (non-hydrogen) atoms. The van der Waals surface area contributed by atoms with E-state index in [2.05, 4.69) is 15.4 Å². The van der Waals surface area contributed by atoms with E-state index in [9.17, 15) is 18.0 Å². The molecule has 2 aromatic heterocycles. The Kier molecular flexibility index (Phi) is 4.20. The first kappa shape index (κ1) is 16.0. The van der Waals surface area contributed by atoms with Crippen LogP contribution in [0.3, 0.4) is 0 Å². The molecule has 1 aromatic carbocycles. The van der Waals surface area contributed by atoms with E-state index >= 15 is 0 Å². The highest BCUT2D eigenvalue weighted by Gasteiger charge is 2.18. The number of fused-ring (bicyclic) bond motifs is 1. The lowest BCUT2D eigenvalue weighted by atomic mass is 10.1. The highest BCUT2D eigenvalue weighted by molar-refractivity contribution is 6.06. The number of carbonyl (C=O) groups excluding carboxylic acids is 1. The number of alkyl halides is 2. The summed E-state index contributed by atoms with van der Waals surface area (Å²) in [6.07, 6.45) is -1.24. The van der Waals surface area contributed by atoms with Crippen LogP contribution in [-0.2, 0) is 7.05 Å². The number of amides is 1. The highest BCUT2D eigenvalue weighted by Crippen LogP contribution is 2.26. The van der Waals surface area contributed by atoms with Crippen LogP contribution in [0.5, 0.6) is 0 Å². The zero-order chi connectivity index (χ0) is 17.3. The Hall–Kier alpha value is -2.90. The Morgan fingerprint density at radius 1 is 1.33 bits per heavy atom. The van der Waals surface area contributed by atoms with Crippen LogP contribution < -0.4 is 5.32 Å². The third kappa shape index (κ3) is 2.94. The number of hydrogen-bond donors (Lipinski definition) is 1.